The fourth-order valence-corrected chi connectivity index (χ4v) is 13.8. The summed E-state index contributed by atoms with van der Waals surface area (Å²) in [7, 11) is -6.97. The molecule has 5 aromatic rings. The number of benzene rings is 3. The Kier molecular flexibility index (Phi) is 10.7. The molecule has 5 atom stereocenters. The smallest absolute Gasteiger partial charge is 0.389 e. The molecule has 54 heavy (non-hydrogen) atoms. The third kappa shape index (κ3) is 6.75. The molecule has 0 aliphatic carbocycles. The van der Waals surface area contributed by atoms with Crippen LogP contribution in [0.3, 0.4) is 0 Å². The maximum Gasteiger partial charge on any atom is 0.389 e. The third-order valence-electron chi connectivity index (χ3n) is 9.87. The Labute approximate surface area is 316 Å². The summed E-state index contributed by atoms with van der Waals surface area (Å²) in [6.07, 6.45) is -0.216. The van der Waals surface area contributed by atoms with Gasteiger partial charge in [-0.05, 0) is 41.4 Å². The molecule has 2 aromatic heterocycles. The fourth-order valence-electron chi connectivity index (χ4n) is 7.48. The summed E-state index contributed by atoms with van der Waals surface area (Å²) in [4.78, 5) is 26.6. The van der Waals surface area contributed by atoms with Gasteiger partial charge >= 0.3 is 7.60 Å². The van der Waals surface area contributed by atoms with Crippen molar-refractivity contribution in [3.8, 4) is 0 Å². The van der Waals surface area contributed by atoms with Gasteiger partial charge in [0.1, 0.15) is 24.6 Å². The predicted molar refractivity (Wildman–Crippen MR) is 206 cm³/mol. The minimum atomic E-state index is -3.97. The van der Waals surface area contributed by atoms with Crippen LogP contribution in [0.4, 0.5) is 5.82 Å². The number of carbonyl (C=O) groups excluding carboxylic acids is 1. The van der Waals surface area contributed by atoms with Crippen LogP contribution in [-0.4, -0.2) is 77.4 Å². The number of carbonyl (C=O) groups is 1. The van der Waals surface area contributed by atoms with Gasteiger partial charge in [-0.25, -0.2) is 15.0 Å². The Morgan fingerprint density at radius 2 is 1.44 bits per heavy atom. The molecular weight excluding hydrogens is 726 g/mol. The molecule has 15 heteroatoms. The van der Waals surface area contributed by atoms with E-state index in [1.165, 1.54) is 6.33 Å². The van der Waals surface area contributed by atoms with Crippen LogP contribution in [0.15, 0.2) is 104 Å². The summed E-state index contributed by atoms with van der Waals surface area (Å²) in [6, 6.07) is 29.5. The zero-order valence-electron chi connectivity index (χ0n) is 31.2. The number of nitrogens with zero attached hydrogens (tertiary/aromatic N) is 4. The molecule has 3 aromatic carbocycles. The lowest BCUT2D eigenvalue weighted by Gasteiger charge is -2.43. The van der Waals surface area contributed by atoms with Gasteiger partial charge in [0.25, 0.3) is 19.8 Å². The van der Waals surface area contributed by atoms with Gasteiger partial charge in [-0.1, -0.05) is 99.6 Å². The Hall–Kier alpha value is -4.11. The molecule has 2 aliphatic heterocycles. The van der Waals surface area contributed by atoms with Crippen LogP contribution in [0.25, 0.3) is 11.2 Å². The van der Waals surface area contributed by atoms with E-state index in [2.05, 4.69) is 65.3 Å². The van der Waals surface area contributed by atoms with Crippen molar-refractivity contribution in [3.05, 3.63) is 109 Å². The number of amides is 1. The van der Waals surface area contributed by atoms with Crippen molar-refractivity contribution in [1.29, 1.82) is 0 Å². The molecule has 0 saturated carbocycles. The molecule has 0 spiro atoms. The van der Waals surface area contributed by atoms with Crippen molar-refractivity contribution in [3.63, 3.8) is 0 Å². The van der Waals surface area contributed by atoms with Gasteiger partial charge < -0.3 is 33.0 Å². The average molecular weight is 772 g/mol. The van der Waals surface area contributed by atoms with Gasteiger partial charge in [-0.15, -0.1) is 0 Å². The minimum Gasteiger partial charge on any atom is -0.405 e. The molecule has 2 aliphatic rings. The molecule has 4 heterocycles. The van der Waals surface area contributed by atoms with Gasteiger partial charge in [0.2, 0.25) is 0 Å². The first kappa shape index (κ1) is 38.2. The summed E-state index contributed by atoms with van der Waals surface area (Å²) in [6.45, 7) is 12.0. The zero-order valence-corrected chi connectivity index (χ0v) is 33.1. The highest BCUT2D eigenvalue weighted by Gasteiger charge is 2.65. The van der Waals surface area contributed by atoms with E-state index < -0.39 is 46.0 Å². The zero-order chi connectivity index (χ0) is 38.1. The molecule has 13 nitrogen and oxygen atoms in total. The topological polar surface area (TPSA) is 145 Å². The normalized spacial score (nSPS) is 23.1. The maximum absolute atomic E-state index is 14.3. The van der Waals surface area contributed by atoms with E-state index in [9.17, 15) is 9.36 Å². The van der Waals surface area contributed by atoms with E-state index in [0.717, 1.165) is 10.4 Å². The van der Waals surface area contributed by atoms with E-state index in [0.29, 0.717) is 16.7 Å². The molecular formula is C39H46N5O8PSi. The summed E-state index contributed by atoms with van der Waals surface area (Å²) < 4.78 is 54.9. The van der Waals surface area contributed by atoms with Crippen LogP contribution in [0, 0.1) is 0 Å². The number of aromatic nitrogens is 4. The Morgan fingerprint density at radius 3 is 2.02 bits per heavy atom. The number of fused-ring (bicyclic) bond motifs is 2. The fraction of sp³-hybridized carbons (Fsp3) is 0.385. The number of imidazole rings is 1. The molecule has 1 N–H and O–H groups in total. The highest BCUT2D eigenvalue weighted by molar-refractivity contribution is 7.55. The van der Waals surface area contributed by atoms with Gasteiger partial charge in [-0.3, -0.25) is 13.9 Å². The molecule has 0 bridgehead atoms. The van der Waals surface area contributed by atoms with Crippen LogP contribution in [0.5, 0.6) is 0 Å². The van der Waals surface area contributed by atoms with E-state index in [4.69, 9.17) is 27.7 Å². The number of hydrogen-bond donors (Lipinski definition) is 1. The quantitative estimate of drug-likeness (QED) is 0.107. The van der Waals surface area contributed by atoms with E-state index in [1.807, 2.05) is 42.5 Å². The van der Waals surface area contributed by atoms with Crippen LogP contribution in [0.2, 0.25) is 5.04 Å². The first-order valence-electron chi connectivity index (χ1n) is 18.1. The Bertz CT molecular complexity index is 2070. The summed E-state index contributed by atoms with van der Waals surface area (Å²) in [5.74, 6) is -0.104. The molecule has 284 valence electrons. The number of ether oxygens (including phenoxy) is 3. The highest BCUT2D eigenvalue weighted by Crippen LogP contribution is 2.65. The monoisotopic (exact) mass is 771 g/mol. The highest BCUT2D eigenvalue weighted by atomic mass is 31.2. The van der Waals surface area contributed by atoms with Crippen LogP contribution in [-0.2, 0) is 32.2 Å². The average Bonchev–Trinajstić information content (AvgIpc) is 3.85. The van der Waals surface area contributed by atoms with E-state index in [1.54, 1.807) is 55.9 Å². The third-order valence-corrected chi connectivity index (χ3v) is 17.3. The minimum absolute atomic E-state index is 0.121. The lowest BCUT2D eigenvalue weighted by atomic mass is 10.1. The lowest BCUT2D eigenvalue weighted by molar-refractivity contribution is -0.175. The lowest BCUT2D eigenvalue weighted by Crippen LogP contribution is -2.67. The van der Waals surface area contributed by atoms with Crippen molar-refractivity contribution < 1.29 is 37.0 Å². The SMILES string of the molecule is CCOP(=O)(OCC)[C@@]1(C)O[C@@H]2[C@H](O1)[C@@H](CO[Si](c1ccccc1)(c1ccccc1)C(C)(C)C)O[C@H]2n1cnc2c(NC(=O)c3ccccc3)ncnc21. The van der Waals surface area contributed by atoms with Crippen molar-refractivity contribution >= 4 is 49.2 Å². The molecule has 2 fully saturated rings. The summed E-state index contributed by atoms with van der Waals surface area (Å²) in [5, 5.41) is 4.78. The second-order valence-corrected chi connectivity index (χ2v) is 20.9. The molecule has 1 amide bonds. The standard InChI is InChI=1S/C39H46N5O8PSi/c1-7-47-53(46,48-8-2)39(6)51-32-30(24-49-54(38(3,4)5,28-20-14-10-15-21-28)29-22-16-11-17-23-29)50-37(33(32)52-39)44-26-42-31-34(40-25-41-35(31)44)43-36(45)27-18-12-9-13-19-27/h9-23,25-26,30,32-33,37H,7-8,24H2,1-6H3,(H,40,41,43,45)/t30-,32-,33-,37-,39-/m1/s1. The second-order valence-electron chi connectivity index (χ2n) is 14.3. The molecule has 0 unspecified atom stereocenters. The molecule has 0 radical (unpaired) electrons. The van der Waals surface area contributed by atoms with Crippen molar-refractivity contribution in [2.24, 2.45) is 0 Å². The van der Waals surface area contributed by atoms with Crippen molar-refractivity contribution in [2.45, 2.75) is 76.6 Å². The summed E-state index contributed by atoms with van der Waals surface area (Å²) >= 11 is 0. The number of rotatable bonds is 13. The largest absolute Gasteiger partial charge is 0.405 e. The Morgan fingerprint density at radius 1 is 0.870 bits per heavy atom. The second kappa shape index (κ2) is 15.2. The molecule has 2 saturated heterocycles. The number of nitrogens with one attached hydrogen (secondary N) is 1. The van der Waals surface area contributed by atoms with Gasteiger partial charge in [0.15, 0.2) is 23.2 Å². The number of hydrogen-bond acceptors (Lipinski definition) is 11. The first-order chi connectivity index (χ1) is 25.9. The van der Waals surface area contributed by atoms with Gasteiger partial charge in [-0.2, -0.15) is 0 Å². The molecule has 7 rings (SSSR count). The maximum atomic E-state index is 14.3. The number of anilines is 1. The van der Waals surface area contributed by atoms with Crippen molar-refractivity contribution in [2.75, 3.05) is 25.1 Å². The van der Waals surface area contributed by atoms with Crippen molar-refractivity contribution in [1.82, 2.24) is 19.5 Å². The summed E-state index contributed by atoms with van der Waals surface area (Å²) in [5.41, 5.74) is -0.546. The van der Waals surface area contributed by atoms with Gasteiger partial charge in [0, 0.05) is 12.5 Å². The van der Waals surface area contributed by atoms with Gasteiger partial charge in [0.05, 0.1) is 26.1 Å². The van der Waals surface area contributed by atoms with E-state index >= 15 is 0 Å². The predicted octanol–water partition coefficient (Wildman–Crippen LogP) is 6.28. The first-order valence-corrected chi connectivity index (χ1v) is 21.6. The van der Waals surface area contributed by atoms with E-state index in [-0.39, 0.29) is 36.6 Å². The van der Waals surface area contributed by atoms with Crippen LogP contribution in [0.1, 0.15) is 58.1 Å². The van der Waals surface area contributed by atoms with Crippen LogP contribution >= 0.6 is 7.60 Å². The van der Waals surface area contributed by atoms with Crippen LogP contribution < -0.4 is 15.7 Å². The Balaban J connectivity index is 1.27.